The Hall–Kier alpha value is -1.63. The number of carbonyl (C=O) groups excluding carboxylic acids is 1. The van der Waals surface area contributed by atoms with Gasteiger partial charge >= 0.3 is 0 Å². The number of piperidine rings is 1. The van der Waals surface area contributed by atoms with E-state index in [9.17, 15) is 4.79 Å². The maximum Gasteiger partial charge on any atom is 0.255 e. The molecule has 0 aliphatic carbocycles. The van der Waals surface area contributed by atoms with E-state index in [-0.39, 0.29) is 30.7 Å². The topological polar surface area (TPSA) is 63.1 Å². The lowest BCUT2D eigenvalue weighted by atomic mass is 10.0. The second-order valence-corrected chi connectivity index (χ2v) is 6.72. The Morgan fingerprint density at radius 1 is 1.26 bits per heavy atom. The normalized spacial score (nSPS) is 14.2. The van der Waals surface area contributed by atoms with Crippen LogP contribution in [0.1, 0.15) is 47.9 Å². The SMILES string of the molecule is CCCN(C(=O)c1ccc(-n2nc(C)cc2C)nc1)C1CCNCC1.Cl.Cl. The zero-order valence-corrected chi connectivity index (χ0v) is 17.8. The molecule has 2 aromatic rings. The van der Waals surface area contributed by atoms with Crippen molar-refractivity contribution in [1.82, 2.24) is 25.0 Å². The maximum atomic E-state index is 13.0. The van der Waals surface area contributed by atoms with E-state index in [1.54, 1.807) is 10.9 Å². The van der Waals surface area contributed by atoms with Crippen LogP contribution in [0.3, 0.4) is 0 Å². The fraction of sp³-hybridized carbons (Fsp3) is 0.526. The number of halogens is 2. The predicted octanol–water partition coefficient (Wildman–Crippen LogP) is 3.33. The molecule has 1 amide bonds. The summed E-state index contributed by atoms with van der Waals surface area (Å²) in [6.45, 7) is 8.83. The van der Waals surface area contributed by atoms with Crippen LogP contribution in [0.5, 0.6) is 0 Å². The van der Waals surface area contributed by atoms with Gasteiger partial charge in [-0.1, -0.05) is 6.92 Å². The lowest BCUT2D eigenvalue weighted by Gasteiger charge is -2.34. The molecule has 0 saturated carbocycles. The third kappa shape index (κ3) is 5.43. The van der Waals surface area contributed by atoms with E-state index < -0.39 is 0 Å². The maximum absolute atomic E-state index is 13.0. The van der Waals surface area contributed by atoms with Crippen LogP contribution >= 0.6 is 24.8 Å². The van der Waals surface area contributed by atoms with Crippen LogP contribution in [0, 0.1) is 13.8 Å². The van der Waals surface area contributed by atoms with E-state index in [1.165, 1.54) is 0 Å². The number of hydrogen-bond donors (Lipinski definition) is 1. The average molecular weight is 414 g/mol. The number of hydrogen-bond acceptors (Lipinski definition) is 4. The fourth-order valence-corrected chi connectivity index (χ4v) is 3.47. The molecule has 1 aliphatic rings. The summed E-state index contributed by atoms with van der Waals surface area (Å²) in [5.41, 5.74) is 2.64. The molecule has 0 bridgehead atoms. The largest absolute Gasteiger partial charge is 0.336 e. The van der Waals surface area contributed by atoms with Crippen LogP contribution in [0.2, 0.25) is 0 Å². The molecule has 27 heavy (non-hydrogen) atoms. The van der Waals surface area contributed by atoms with Crippen LogP contribution in [0.15, 0.2) is 24.4 Å². The van der Waals surface area contributed by atoms with Crippen molar-refractivity contribution < 1.29 is 4.79 Å². The molecular weight excluding hydrogens is 385 g/mol. The standard InChI is InChI=1S/C19H27N5O.2ClH/c1-4-11-23(17-7-9-20-10-8-17)19(25)16-5-6-18(21-13-16)24-15(3)12-14(2)22-24;;/h5-6,12-13,17,20H,4,7-11H2,1-3H3;2*1H. The summed E-state index contributed by atoms with van der Waals surface area (Å²) in [7, 11) is 0. The van der Waals surface area contributed by atoms with Crippen molar-refractivity contribution in [2.24, 2.45) is 0 Å². The van der Waals surface area contributed by atoms with Gasteiger partial charge in [-0.05, 0) is 64.4 Å². The number of carbonyl (C=O) groups is 1. The molecule has 3 rings (SSSR count). The summed E-state index contributed by atoms with van der Waals surface area (Å²) in [6.07, 6.45) is 4.68. The quantitative estimate of drug-likeness (QED) is 0.815. The summed E-state index contributed by atoms with van der Waals surface area (Å²) >= 11 is 0. The van der Waals surface area contributed by atoms with Crippen LogP contribution < -0.4 is 5.32 Å². The van der Waals surface area contributed by atoms with Crippen LogP contribution in [-0.4, -0.2) is 51.2 Å². The zero-order chi connectivity index (χ0) is 17.8. The lowest BCUT2D eigenvalue weighted by Crippen LogP contribution is -2.46. The van der Waals surface area contributed by atoms with Crippen molar-refractivity contribution in [3.05, 3.63) is 41.3 Å². The molecule has 1 N–H and O–H groups in total. The van der Waals surface area contributed by atoms with Gasteiger partial charge in [0.25, 0.3) is 5.91 Å². The Morgan fingerprint density at radius 2 is 1.96 bits per heavy atom. The Labute approximate surface area is 173 Å². The van der Waals surface area contributed by atoms with E-state index in [4.69, 9.17) is 0 Å². The van der Waals surface area contributed by atoms with Gasteiger partial charge < -0.3 is 10.2 Å². The molecule has 0 unspecified atom stereocenters. The third-order valence-corrected chi connectivity index (χ3v) is 4.70. The minimum Gasteiger partial charge on any atom is -0.336 e. The number of nitrogens with zero attached hydrogens (tertiary/aromatic N) is 4. The van der Waals surface area contributed by atoms with E-state index >= 15 is 0 Å². The summed E-state index contributed by atoms with van der Waals surface area (Å²) in [5, 5.41) is 7.81. The monoisotopic (exact) mass is 413 g/mol. The summed E-state index contributed by atoms with van der Waals surface area (Å²) in [4.78, 5) is 19.5. The number of nitrogens with one attached hydrogen (secondary N) is 1. The molecule has 0 spiro atoms. The second-order valence-electron chi connectivity index (χ2n) is 6.72. The molecule has 1 fully saturated rings. The number of aromatic nitrogens is 3. The van der Waals surface area contributed by atoms with E-state index in [0.717, 1.165) is 56.1 Å². The molecule has 2 aromatic heterocycles. The Balaban J connectivity index is 0.00000182. The fourth-order valence-electron chi connectivity index (χ4n) is 3.47. The first-order chi connectivity index (χ1) is 12.1. The van der Waals surface area contributed by atoms with Crippen LogP contribution in [-0.2, 0) is 0 Å². The highest BCUT2D eigenvalue weighted by atomic mass is 35.5. The van der Waals surface area contributed by atoms with Gasteiger partial charge in [0.05, 0.1) is 11.3 Å². The summed E-state index contributed by atoms with van der Waals surface area (Å²) in [5.74, 6) is 0.826. The Morgan fingerprint density at radius 3 is 2.48 bits per heavy atom. The predicted molar refractivity (Wildman–Crippen MR) is 113 cm³/mol. The first-order valence-electron chi connectivity index (χ1n) is 9.11. The van der Waals surface area contributed by atoms with Crippen molar-refractivity contribution in [3.63, 3.8) is 0 Å². The van der Waals surface area contributed by atoms with Crippen molar-refractivity contribution in [2.75, 3.05) is 19.6 Å². The van der Waals surface area contributed by atoms with E-state index in [2.05, 4.69) is 22.3 Å². The molecule has 0 aromatic carbocycles. The van der Waals surface area contributed by atoms with Gasteiger partial charge in [-0.25, -0.2) is 9.67 Å². The van der Waals surface area contributed by atoms with Gasteiger partial charge in [0.1, 0.15) is 0 Å². The minimum absolute atomic E-state index is 0. The highest BCUT2D eigenvalue weighted by molar-refractivity contribution is 5.94. The molecule has 150 valence electrons. The molecule has 1 aliphatic heterocycles. The third-order valence-electron chi connectivity index (χ3n) is 4.70. The Bertz CT molecular complexity index is 726. The van der Waals surface area contributed by atoms with Gasteiger partial charge in [0.2, 0.25) is 0 Å². The molecule has 1 saturated heterocycles. The average Bonchev–Trinajstić information content (AvgIpc) is 2.98. The highest BCUT2D eigenvalue weighted by Crippen LogP contribution is 2.17. The zero-order valence-electron chi connectivity index (χ0n) is 16.1. The van der Waals surface area contributed by atoms with Gasteiger partial charge in [0, 0.05) is 24.5 Å². The second kappa shape index (κ2) is 10.6. The van der Waals surface area contributed by atoms with E-state index in [0.29, 0.717) is 11.6 Å². The molecule has 8 heteroatoms. The van der Waals surface area contributed by atoms with Crippen LogP contribution in [0.4, 0.5) is 0 Å². The summed E-state index contributed by atoms with van der Waals surface area (Å²) in [6, 6.07) is 6.08. The van der Waals surface area contributed by atoms with Gasteiger partial charge in [-0.15, -0.1) is 24.8 Å². The van der Waals surface area contributed by atoms with Gasteiger partial charge in [0.15, 0.2) is 5.82 Å². The van der Waals surface area contributed by atoms with Crippen molar-refractivity contribution in [1.29, 1.82) is 0 Å². The molecule has 3 heterocycles. The number of rotatable bonds is 5. The molecule has 6 nitrogen and oxygen atoms in total. The smallest absolute Gasteiger partial charge is 0.255 e. The Kier molecular flexibility index (Phi) is 9.22. The molecule has 0 atom stereocenters. The first kappa shape index (κ1) is 23.4. The number of pyridine rings is 1. The molecule has 0 radical (unpaired) electrons. The molecular formula is C19H29Cl2N5O. The van der Waals surface area contributed by atoms with Crippen molar-refractivity contribution in [2.45, 2.75) is 46.1 Å². The number of amides is 1. The minimum atomic E-state index is 0. The van der Waals surface area contributed by atoms with Crippen molar-refractivity contribution in [3.8, 4) is 5.82 Å². The van der Waals surface area contributed by atoms with Crippen molar-refractivity contribution >= 4 is 30.7 Å². The summed E-state index contributed by atoms with van der Waals surface area (Å²) < 4.78 is 1.81. The lowest BCUT2D eigenvalue weighted by molar-refractivity contribution is 0.0642. The first-order valence-corrected chi connectivity index (χ1v) is 9.11. The number of aryl methyl sites for hydroxylation is 2. The highest BCUT2D eigenvalue weighted by Gasteiger charge is 2.25. The van der Waals surface area contributed by atoms with Gasteiger partial charge in [-0.3, -0.25) is 4.79 Å². The van der Waals surface area contributed by atoms with Gasteiger partial charge in [-0.2, -0.15) is 5.10 Å². The van der Waals surface area contributed by atoms with E-state index in [1.807, 2.05) is 36.9 Å². The van der Waals surface area contributed by atoms with Crippen LogP contribution in [0.25, 0.3) is 5.82 Å².